The van der Waals surface area contributed by atoms with Crippen LogP contribution in [0.1, 0.15) is 11.5 Å². The highest BCUT2D eigenvalue weighted by molar-refractivity contribution is 5.49. The van der Waals surface area contributed by atoms with E-state index in [4.69, 9.17) is 0 Å². The van der Waals surface area contributed by atoms with Gasteiger partial charge < -0.3 is 9.80 Å². The van der Waals surface area contributed by atoms with Crippen molar-refractivity contribution in [1.82, 2.24) is 15.0 Å². The van der Waals surface area contributed by atoms with Crippen LogP contribution >= 0.6 is 0 Å². The van der Waals surface area contributed by atoms with Gasteiger partial charge in [0, 0.05) is 50.2 Å². The molecule has 1 aliphatic rings. The Morgan fingerprint density at radius 3 is 2.29 bits per heavy atom. The molecule has 0 radical (unpaired) electrons. The number of alkyl halides is 3. The van der Waals surface area contributed by atoms with Crippen LogP contribution in [0, 0.1) is 12.9 Å². The summed E-state index contributed by atoms with van der Waals surface area (Å²) in [6.45, 7) is 3.51. The summed E-state index contributed by atoms with van der Waals surface area (Å²) in [5.74, 6) is -0.218. The number of hydrogen-bond donors (Lipinski definition) is 0. The number of aryl methyl sites for hydroxylation is 1. The van der Waals surface area contributed by atoms with E-state index in [9.17, 15) is 17.6 Å². The standard InChI is InChI=1S/C15H15F4N5/c1-10-21-12(15(17,18)19)9-14(22-10)24-6-4-23(5-7-24)11-2-3-20-13(16)8-11/h2-3,8-9H,4-7H2,1H3. The predicted octanol–water partition coefficient (Wildman–Crippen LogP) is 2.66. The number of halogens is 4. The minimum Gasteiger partial charge on any atom is -0.368 e. The Morgan fingerprint density at radius 1 is 1.00 bits per heavy atom. The molecule has 0 atom stereocenters. The van der Waals surface area contributed by atoms with E-state index in [2.05, 4.69) is 15.0 Å². The average molecular weight is 341 g/mol. The maximum absolute atomic E-state index is 13.2. The average Bonchev–Trinajstić information content (AvgIpc) is 2.54. The van der Waals surface area contributed by atoms with E-state index in [-0.39, 0.29) is 11.6 Å². The van der Waals surface area contributed by atoms with Crippen molar-refractivity contribution in [3.8, 4) is 0 Å². The summed E-state index contributed by atoms with van der Waals surface area (Å²) >= 11 is 0. The third kappa shape index (κ3) is 3.55. The first-order valence-corrected chi connectivity index (χ1v) is 7.37. The van der Waals surface area contributed by atoms with Gasteiger partial charge in [-0.2, -0.15) is 17.6 Å². The van der Waals surface area contributed by atoms with Crippen molar-refractivity contribution >= 4 is 11.5 Å². The van der Waals surface area contributed by atoms with E-state index < -0.39 is 17.8 Å². The van der Waals surface area contributed by atoms with Crippen LogP contribution in [0.4, 0.5) is 29.1 Å². The summed E-state index contributed by atoms with van der Waals surface area (Å²) < 4.78 is 51.8. The van der Waals surface area contributed by atoms with Crippen LogP contribution in [0.5, 0.6) is 0 Å². The lowest BCUT2D eigenvalue weighted by atomic mass is 10.2. The lowest BCUT2D eigenvalue weighted by Crippen LogP contribution is -2.47. The molecule has 5 nitrogen and oxygen atoms in total. The van der Waals surface area contributed by atoms with Crippen molar-refractivity contribution in [2.75, 3.05) is 36.0 Å². The molecule has 0 bridgehead atoms. The van der Waals surface area contributed by atoms with E-state index in [1.165, 1.54) is 19.2 Å². The largest absolute Gasteiger partial charge is 0.433 e. The molecule has 0 amide bonds. The second kappa shape index (κ2) is 6.21. The van der Waals surface area contributed by atoms with Gasteiger partial charge in [0.2, 0.25) is 5.95 Å². The zero-order valence-electron chi connectivity index (χ0n) is 12.9. The topological polar surface area (TPSA) is 45.2 Å². The van der Waals surface area contributed by atoms with E-state index in [0.29, 0.717) is 31.9 Å². The normalized spacial score (nSPS) is 15.7. The number of piperazine rings is 1. The van der Waals surface area contributed by atoms with E-state index in [1.54, 1.807) is 11.0 Å². The molecule has 0 saturated carbocycles. The molecule has 3 rings (SSSR count). The Balaban J connectivity index is 1.74. The maximum Gasteiger partial charge on any atom is 0.433 e. The Bertz CT molecular complexity index is 726. The van der Waals surface area contributed by atoms with Crippen molar-refractivity contribution in [3.05, 3.63) is 41.9 Å². The first-order valence-electron chi connectivity index (χ1n) is 7.37. The van der Waals surface area contributed by atoms with Crippen molar-refractivity contribution in [3.63, 3.8) is 0 Å². The van der Waals surface area contributed by atoms with Crippen molar-refractivity contribution < 1.29 is 17.6 Å². The van der Waals surface area contributed by atoms with Gasteiger partial charge in [-0.3, -0.25) is 0 Å². The van der Waals surface area contributed by atoms with Gasteiger partial charge in [0.1, 0.15) is 17.3 Å². The Labute approximate surface area is 136 Å². The molecule has 2 aromatic rings. The molecule has 1 saturated heterocycles. The quantitative estimate of drug-likeness (QED) is 0.621. The van der Waals surface area contributed by atoms with E-state index >= 15 is 0 Å². The van der Waals surface area contributed by atoms with Gasteiger partial charge in [-0.15, -0.1) is 0 Å². The molecular weight excluding hydrogens is 326 g/mol. The first-order chi connectivity index (χ1) is 11.3. The number of pyridine rings is 1. The van der Waals surface area contributed by atoms with Crippen molar-refractivity contribution in [2.24, 2.45) is 0 Å². The molecule has 1 fully saturated rings. The molecular formula is C15H15F4N5. The van der Waals surface area contributed by atoms with Crippen LogP contribution in [0.2, 0.25) is 0 Å². The molecule has 0 aliphatic carbocycles. The fourth-order valence-corrected chi connectivity index (χ4v) is 2.64. The Morgan fingerprint density at radius 2 is 1.67 bits per heavy atom. The summed E-state index contributed by atoms with van der Waals surface area (Å²) in [6, 6.07) is 4.01. The van der Waals surface area contributed by atoms with Crippen LogP contribution in [0.3, 0.4) is 0 Å². The van der Waals surface area contributed by atoms with Crippen LogP contribution in [-0.2, 0) is 6.18 Å². The second-order valence-corrected chi connectivity index (χ2v) is 5.47. The fourth-order valence-electron chi connectivity index (χ4n) is 2.64. The Hall–Kier alpha value is -2.45. The van der Waals surface area contributed by atoms with Gasteiger partial charge in [0.05, 0.1) is 0 Å². The molecule has 0 spiro atoms. The van der Waals surface area contributed by atoms with Gasteiger partial charge in [-0.1, -0.05) is 0 Å². The third-order valence-corrected chi connectivity index (χ3v) is 3.79. The minimum absolute atomic E-state index is 0.0819. The first kappa shape index (κ1) is 16.4. The fraction of sp³-hybridized carbons (Fsp3) is 0.400. The zero-order chi connectivity index (χ0) is 17.3. The molecule has 24 heavy (non-hydrogen) atoms. The summed E-state index contributed by atoms with van der Waals surface area (Å²) in [6.07, 6.45) is -3.11. The molecule has 2 aromatic heterocycles. The van der Waals surface area contributed by atoms with Crippen LogP contribution in [0.15, 0.2) is 24.4 Å². The Kier molecular flexibility index (Phi) is 4.25. The smallest absolute Gasteiger partial charge is 0.368 e. The van der Waals surface area contributed by atoms with Gasteiger partial charge in [0.25, 0.3) is 0 Å². The number of hydrogen-bond acceptors (Lipinski definition) is 5. The summed E-state index contributed by atoms with van der Waals surface area (Å²) in [7, 11) is 0. The van der Waals surface area contributed by atoms with Gasteiger partial charge in [0.15, 0.2) is 0 Å². The molecule has 0 aromatic carbocycles. The number of anilines is 2. The van der Waals surface area contributed by atoms with Crippen molar-refractivity contribution in [2.45, 2.75) is 13.1 Å². The minimum atomic E-state index is -4.50. The summed E-state index contributed by atoms with van der Waals surface area (Å²) in [5.41, 5.74) is -0.236. The highest BCUT2D eigenvalue weighted by Gasteiger charge is 2.34. The number of aromatic nitrogens is 3. The van der Waals surface area contributed by atoms with Gasteiger partial charge in [-0.25, -0.2) is 15.0 Å². The monoisotopic (exact) mass is 341 g/mol. The van der Waals surface area contributed by atoms with E-state index in [0.717, 1.165) is 6.07 Å². The highest BCUT2D eigenvalue weighted by atomic mass is 19.4. The van der Waals surface area contributed by atoms with Crippen LogP contribution in [-0.4, -0.2) is 41.1 Å². The molecule has 0 unspecified atom stereocenters. The SMILES string of the molecule is Cc1nc(N2CCN(c3ccnc(F)c3)CC2)cc(C(F)(F)F)n1. The van der Waals surface area contributed by atoms with Gasteiger partial charge in [-0.05, 0) is 13.0 Å². The summed E-state index contributed by atoms with van der Waals surface area (Å²) in [4.78, 5) is 14.8. The zero-order valence-corrected chi connectivity index (χ0v) is 12.9. The van der Waals surface area contributed by atoms with Crippen molar-refractivity contribution in [1.29, 1.82) is 0 Å². The number of rotatable bonds is 2. The van der Waals surface area contributed by atoms with Gasteiger partial charge >= 0.3 is 6.18 Å². The van der Waals surface area contributed by atoms with Crippen LogP contribution in [0.25, 0.3) is 0 Å². The molecule has 128 valence electrons. The molecule has 3 heterocycles. The third-order valence-electron chi connectivity index (χ3n) is 3.79. The second-order valence-electron chi connectivity index (χ2n) is 5.47. The van der Waals surface area contributed by atoms with Crippen LogP contribution < -0.4 is 9.80 Å². The lowest BCUT2D eigenvalue weighted by Gasteiger charge is -2.36. The molecule has 9 heteroatoms. The van der Waals surface area contributed by atoms with E-state index in [1.807, 2.05) is 4.90 Å². The predicted molar refractivity (Wildman–Crippen MR) is 80.4 cm³/mol. The number of nitrogens with zero attached hydrogens (tertiary/aromatic N) is 5. The highest BCUT2D eigenvalue weighted by Crippen LogP contribution is 2.30. The maximum atomic E-state index is 13.2. The lowest BCUT2D eigenvalue weighted by molar-refractivity contribution is -0.141. The molecule has 0 N–H and O–H groups in total. The molecule has 1 aliphatic heterocycles. The summed E-state index contributed by atoms with van der Waals surface area (Å²) in [5, 5.41) is 0.